The van der Waals surface area contributed by atoms with Crippen LogP contribution in [0.5, 0.6) is 0 Å². The number of hydrogen-bond acceptors (Lipinski definition) is 2. The Hall–Kier alpha value is -1.35. The van der Waals surface area contributed by atoms with Gasteiger partial charge < -0.3 is 10.1 Å². The smallest absolute Gasteiger partial charge is 0.253 e. The number of carbonyl (C=O) groups excluding carboxylic acids is 1. The van der Waals surface area contributed by atoms with E-state index in [1.807, 2.05) is 30.3 Å². The van der Waals surface area contributed by atoms with Crippen LogP contribution in [0.25, 0.3) is 0 Å². The summed E-state index contributed by atoms with van der Waals surface area (Å²) in [5.74, 6) is 2.01. The Morgan fingerprint density at radius 1 is 1.27 bits per heavy atom. The van der Waals surface area contributed by atoms with Gasteiger partial charge in [-0.1, -0.05) is 51.1 Å². The van der Waals surface area contributed by atoms with Gasteiger partial charge in [0.1, 0.15) is 0 Å². The van der Waals surface area contributed by atoms with Crippen LogP contribution < -0.4 is 5.32 Å². The lowest BCUT2D eigenvalue weighted by atomic mass is 9.45. The van der Waals surface area contributed by atoms with Crippen LogP contribution in [-0.2, 0) is 9.53 Å². The van der Waals surface area contributed by atoms with Crippen molar-refractivity contribution < 1.29 is 9.53 Å². The van der Waals surface area contributed by atoms with E-state index >= 15 is 0 Å². The standard InChI is InChI=1S/C19H27NO2/c1-12-15-10-14(19(15,2)3)11-16(12)20-18(21)17(22-4)13-8-6-5-7-9-13/h5-9,12,14-17H,10-11H2,1-4H3,(H,20,21)/t12-,14+,15-,16-,17-/m1/s1. The molecule has 3 aliphatic rings. The topological polar surface area (TPSA) is 38.3 Å². The molecular weight excluding hydrogens is 274 g/mol. The predicted octanol–water partition coefficient (Wildman–Crippen LogP) is 3.56. The maximum Gasteiger partial charge on any atom is 0.253 e. The molecule has 0 radical (unpaired) electrons. The number of hydrogen-bond donors (Lipinski definition) is 1. The van der Waals surface area contributed by atoms with E-state index in [0.29, 0.717) is 11.3 Å². The molecule has 0 heterocycles. The minimum atomic E-state index is -0.514. The Bertz CT molecular complexity index is 540. The quantitative estimate of drug-likeness (QED) is 0.923. The van der Waals surface area contributed by atoms with Crippen molar-refractivity contribution in [2.24, 2.45) is 23.2 Å². The Morgan fingerprint density at radius 3 is 2.50 bits per heavy atom. The summed E-state index contributed by atoms with van der Waals surface area (Å²) in [6.07, 6.45) is 1.91. The van der Waals surface area contributed by atoms with Crippen LogP contribution in [0, 0.1) is 23.2 Å². The molecule has 3 heteroatoms. The summed E-state index contributed by atoms with van der Waals surface area (Å²) in [6.45, 7) is 7.04. The highest BCUT2D eigenvalue weighted by Gasteiger charge is 2.56. The average Bonchev–Trinajstić information content (AvgIpc) is 2.50. The maximum absolute atomic E-state index is 12.6. The maximum atomic E-state index is 12.6. The third kappa shape index (κ3) is 2.45. The first kappa shape index (κ1) is 15.5. The normalized spacial score (nSPS) is 33.6. The van der Waals surface area contributed by atoms with Gasteiger partial charge in [0.15, 0.2) is 6.10 Å². The summed E-state index contributed by atoms with van der Waals surface area (Å²) < 4.78 is 5.44. The van der Waals surface area contributed by atoms with Crippen LogP contribution in [0.1, 0.15) is 45.3 Å². The van der Waals surface area contributed by atoms with Gasteiger partial charge in [0.2, 0.25) is 0 Å². The van der Waals surface area contributed by atoms with E-state index in [4.69, 9.17) is 4.74 Å². The molecule has 1 amide bonds. The summed E-state index contributed by atoms with van der Waals surface area (Å²) in [7, 11) is 1.60. The molecule has 120 valence electrons. The van der Waals surface area contributed by atoms with E-state index in [-0.39, 0.29) is 11.9 Å². The largest absolute Gasteiger partial charge is 0.367 e. The van der Waals surface area contributed by atoms with Crippen molar-refractivity contribution in [3.05, 3.63) is 35.9 Å². The van der Waals surface area contributed by atoms with Gasteiger partial charge in [-0.05, 0) is 41.6 Å². The molecule has 2 bridgehead atoms. The number of ether oxygens (including phenoxy) is 1. The molecule has 3 fully saturated rings. The van der Waals surface area contributed by atoms with E-state index < -0.39 is 6.10 Å². The lowest BCUT2D eigenvalue weighted by molar-refractivity contribution is -0.141. The van der Waals surface area contributed by atoms with E-state index in [1.54, 1.807) is 7.11 Å². The molecule has 3 nitrogen and oxygen atoms in total. The molecule has 0 spiro atoms. The fourth-order valence-electron chi connectivity index (χ4n) is 4.62. The first-order valence-corrected chi connectivity index (χ1v) is 8.33. The number of nitrogens with one attached hydrogen (secondary N) is 1. The number of methoxy groups -OCH3 is 1. The summed E-state index contributed by atoms with van der Waals surface area (Å²) in [5.41, 5.74) is 1.36. The van der Waals surface area contributed by atoms with Gasteiger partial charge >= 0.3 is 0 Å². The van der Waals surface area contributed by atoms with Crippen molar-refractivity contribution in [1.82, 2.24) is 5.32 Å². The van der Waals surface area contributed by atoms with Gasteiger partial charge in [0.05, 0.1) is 0 Å². The van der Waals surface area contributed by atoms with Crippen molar-refractivity contribution in [1.29, 1.82) is 0 Å². The molecule has 3 aliphatic carbocycles. The number of rotatable bonds is 4. The number of carbonyl (C=O) groups is 1. The first-order valence-electron chi connectivity index (χ1n) is 8.33. The van der Waals surface area contributed by atoms with Crippen molar-refractivity contribution in [2.75, 3.05) is 7.11 Å². The molecule has 0 saturated heterocycles. The molecule has 5 atom stereocenters. The Kier molecular flexibility index (Phi) is 4.02. The average molecular weight is 301 g/mol. The van der Waals surface area contributed by atoms with E-state index in [2.05, 4.69) is 26.1 Å². The van der Waals surface area contributed by atoms with Gasteiger partial charge in [-0.15, -0.1) is 0 Å². The van der Waals surface area contributed by atoms with Crippen LogP contribution >= 0.6 is 0 Å². The second kappa shape index (κ2) is 5.69. The van der Waals surface area contributed by atoms with Gasteiger partial charge in [-0.2, -0.15) is 0 Å². The molecular formula is C19H27NO2. The molecule has 4 rings (SSSR count). The van der Waals surface area contributed by atoms with Crippen molar-refractivity contribution in [2.45, 2.75) is 45.8 Å². The van der Waals surface area contributed by atoms with Crippen LogP contribution in [0.3, 0.4) is 0 Å². The molecule has 0 unspecified atom stereocenters. The minimum Gasteiger partial charge on any atom is -0.367 e. The van der Waals surface area contributed by atoms with Crippen LogP contribution in [-0.4, -0.2) is 19.1 Å². The SMILES string of the molecule is CO[C@@H](C(=O)N[C@@H]1C[C@@H]2C[C@H]([C@H]1C)C2(C)C)c1ccccc1. The number of fused-ring (bicyclic) bond motifs is 2. The second-order valence-electron chi connectivity index (χ2n) is 7.60. The lowest BCUT2D eigenvalue weighted by Crippen LogP contribution is -2.61. The highest BCUT2D eigenvalue weighted by molar-refractivity contribution is 5.82. The van der Waals surface area contributed by atoms with Gasteiger partial charge in [0, 0.05) is 13.2 Å². The van der Waals surface area contributed by atoms with Crippen molar-refractivity contribution in [3.63, 3.8) is 0 Å². The lowest BCUT2D eigenvalue weighted by Gasteiger charge is -2.62. The number of amides is 1. The second-order valence-corrected chi connectivity index (χ2v) is 7.60. The Morgan fingerprint density at radius 2 is 1.95 bits per heavy atom. The third-order valence-electron chi connectivity index (χ3n) is 6.26. The fourth-order valence-corrected chi connectivity index (χ4v) is 4.62. The monoisotopic (exact) mass is 301 g/mol. The molecule has 0 aromatic heterocycles. The van der Waals surface area contributed by atoms with Crippen LogP contribution in [0.4, 0.5) is 0 Å². The Labute approximate surface area is 133 Å². The van der Waals surface area contributed by atoms with Crippen LogP contribution in [0.15, 0.2) is 30.3 Å². The molecule has 0 aliphatic heterocycles. The zero-order valence-corrected chi connectivity index (χ0v) is 14.0. The van der Waals surface area contributed by atoms with Gasteiger partial charge in [-0.25, -0.2) is 0 Å². The third-order valence-corrected chi connectivity index (χ3v) is 6.26. The van der Waals surface area contributed by atoms with E-state index in [9.17, 15) is 4.79 Å². The van der Waals surface area contributed by atoms with Crippen LogP contribution in [0.2, 0.25) is 0 Å². The van der Waals surface area contributed by atoms with Gasteiger partial charge in [0.25, 0.3) is 5.91 Å². The van der Waals surface area contributed by atoms with E-state index in [1.165, 1.54) is 6.42 Å². The fraction of sp³-hybridized carbons (Fsp3) is 0.632. The predicted molar refractivity (Wildman–Crippen MR) is 87.3 cm³/mol. The summed E-state index contributed by atoms with van der Waals surface area (Å²) >= 11 is 0. The molecule has 1 aromatic rings. The van der Waals surface area contributed by atoms with E-state index in [0.717, 1.165) is 23.8 Å². The molecule has 3 saturated carbocycles. The molecule has 22 heavy (non-hydrogen) atoms. The van der Waals surface area contributed by atoms with Gasteiger partial charge in [-0.3, -0.25) is 4.79 Å². The highest BCUT2D eigenvalue weighted by Crippen LogP contribution is 2.61. The van der Waals surface area contributed by atoms with Crippen molar-refractivity contribution >= 4 is 5.91 Å². The molecule has 1 N–H and O–H groups in total. The highest BCUT2D eigenvalue weighted by atomic mass is 16.5. The minimum absolute atomic E-state index is 0.00958. The molecule has 1 aromatic carbocycles. The first-order chi connectivity index (χ1) is 10.4. The number of benzene rings is 1. The summed E-state index contributed by atoms with van der Waals surface area (Å²) in [6, 6.07) is 10.0. The Balaban J connectivity index is 1.67. The van der Waals surface area contributed by atoms with Crippen molar-refractivity contribution in [3.8, 4) is 0 Å². The zero-order chi connectivity index (χ0) is 15.9. The summed E-state index contributed by atoms with van der Waals surface area (Å²) in [4.78, 5) is 12.6. The summed E-state index contributed by atoms with van der Waals surface area (Å²) in [5, 5.41) is 3.25. The zero-order valence-electron chi connectivity index (χ0n) is 14.0.